The third-order valence-corrected chi connectivity index (χ3v) is 3.45. The Bertz CT molecular complexity index is 370. The van der Waals surface area contributed by atoms with Crippen LogP contribution in [0.3, 0.4) is 0 Å². The van der Waals surface area contributed by atoms with Crippen molar-refractivity contribution in [1.82, 2.24) is 15.0 Å². The number of hydrogen-bond donors (Lipinski definition) is 0. The van der Waals surface area contributed by atoms with Crippen LogP contribution >= 0.6 is 0 Å². The summed E-state index contributed by atoms with van der Waals surface area (Å²) in [6.45, 7) is 6.64. The number of rotatable bonds is 2. The van der Waals surface area contributed by atoms with Crippen LogP contribution in [-0.2, 0) is 7.05 Å². The molecule has 0 aromatic carbocycles. The molecule has 0 radical (unpaired) electrons. The fraction of sp³-hybridized carbons (Fsp3) is 0.667. The van der Waals surface area contributed by atoms with Crippen LogP contribution in [0.1, 0.15) is 31.7 Å². The molecular weight excluding hydrogens is 186 g/mol. The molecule has 82 valence electrons. The molecule has 1 aliphatic carbocycles. The molecule has 0 amide bonds. The normalized spacial score (nSPS) is 30.8. The molecule has 15 heavy (non-hydrogen) atoms. The molecular formula is C12H19N3. The van der Waals surface area contributed by atoms with Crippen LogP contribution in [0.5, 0.6) is 0 Å². The van der Waals surface area contributed by atoms with Gasteiger partial charge < -0.3 is 0 Å². The van der Waals surface area contributed by atoms with Crippen molar-refractivity contribution in [2.75, 3.05) is 0 Å². The average Bonchev–Trinajstić information content (AvgIpc) is 2.45. The first-order chi connectivity index (χ1) is 7.08. The van der Waals surface area contributed by atoms with E-state index in [1.54, 1.807) is 4.80 Å². The zero-order valence-corrected chi connectivity index (χ0v) is 9.94. The first-order valence-corrected chi connectivity index (χ1v) is 5.64. The van der Waals surface area contributed by atoms with Crippen LogP contribution in [0.4, 0.5) is 0 Å². The molecule has 1 aromatic heterocycles. The predicted octanol–water partition coefficient (Wildman–Crippen LogP) is 2.43. The lowest BCUT2D eigenvalue weighted by molar-refractivity contribution is 0.149. The van der Waals surface area contributed by atoms with E-state index in [1.165, 1.54) is 6.42 Å². The smallest absolute Gasteiger partial charge is 0.108 e. The molecule has 1 saturated carbocycles. The Morgan fingerprint density at radius 1 is 1.27 bits per heavy atom. The molecule has 1 fully saturated rings. The zero-order chi connectivity index (χ0) is 11.0. The maximum absolute atomic E-state index is 4.31. The van der Waals surface area contributed by atoms with Gasteiger partial charge in [-0.1, -0.05) is 19.9 Å². The largest absolute Gasteiger partial charge is 0.187 e. The summed E-state index contributed by atoms with van der Waals surface area (Å²) < 4.78 is 0. The van der Waals surface area contributed by atoms with Crippen LogP contribution in [0.15, 0.2) is 6.08 Å². The average molecular weight is 205 g/mol. The third kappa shape index (κ3) is 1.96. The van der Waals surface area contributed by atoms with Gasteiger partial charge in [0, 0.05) is 7.05 Å². The molecule has 0 bridgehead atoms. The van der Waals surface area contributed by atoms with Gasteiger partial charge in [0.15, 0.2) is 0 Å². The topological polar surface area (TPSA) is 30.7 Å². The Kier molecular flexibility index (Phi) is 2.63. The number of aryl methyl sites for hydroxylation is 2. The van der Waals surface area contributed by atoms with Crippen molar-refractivity contribution in [2.45, 2.75) is 27.2 Å². The van der Waals surface area contributed by atoms with E-state index in [1.807, 2.05) is 14.0 Å². The Balaban J connectivity index is 2.08. The third-order valence-electron chi connectivity index (χ3n) is 3.45. The second-order valence-corrected chi connectivity index (χ2v) is 4.79. The van der Waals surface area contributed by atoms with Crippen molar-refractivity contribution in [3.05, 3.63) is 17.5 Å². The van der Waals surface area contributed by atoms with E-state index in [0.717, 1.165) is 29.1 Å². The quantitative estimate of drug-likeness (QED) is 0.742. The molecule has 3 heteroatoms. The highest BCUT2D eigenvalue weighted by Crippen LogP contribution is 2.40. The van der Waals surface area contributed by atoms with Crippen molar-refractivity contribution in [3.8, 4) is 0 Å². The van der Waals surface area contributed by atoms with Gasteiger partial charge in [-0.3, -0.25) is 0 Å². The second kappa shape index (κ2) is 3.80. The summed E-state index contributed by atoms with van der Waals surface area (Å²) in [5.41, 5.74) is 2.01. The van der Waals surface area contributed by atoms with Gasteiger partial charge in [-0.25, -0.2) is 0 Å². The summed E-state index contributed by atoms with van der Waals surface area (Å²) in [4.78, 5) is 1.63. The lowest BCUT2D eigenvalue weighted by Gasteiger charge is -2.39. The first kappa shape index (κ1) is 10.4. The molecule has 1 aliphatic rings. The van der Waals surface area contributed by atoms with Crippen LogP contribution < -0.4 is 0 Å². The maximum Gasteiger partial charge on any atom is 0.108 e. The summed E-state index contributed by atoms with van der Waals surface area (Å²) in [6.07, 6.45) is 5.78. The van der Waals surface area contributed by atoms with Gasteiger partial charge in [-0.05, 0) is 37.2 Å². The number of allylic oxidation sites excluding steroid dienone is 1. The number of aromatic nitrogens is 3. The number of nitrogens with zero attached hydrogens (tertiary/aromatic N) is 3. The van der Waals surface area contributed by atoms with Gasteiger partial charge in [-0.15, -0.1) is 0 Å². The van der Waals surface area contributed by atoms with E-state index in [0.29, 0.717) is 0 Å². The summed E-state index contributed by atoms with van der Waals surface area (Å²) in [5.74, 6) is 2.38. The molecule has 2 atom stereocenters. The lowest BCUT2D eigenvalue weighted by atomic mass is 9.66. The van der Waals surface area contributed by atoms with Crippen LogP contribution in [0, 0.1) is 24.7 Å². The van der Waals surface area contributed by atoms with E-state index in [4.69, 9.17) is 0 Å². The van der Waals surface area contributed by atoms with Gasteiger partial charge in [0.05, 0.1) is 5.69 Å². The zero-order valence-electron chi connectivity index (χ0n) is 9.94. The molecule has 1 aromatic rings. The van der Waals surface area contributed by atoms with E-state index in [2.05, 4.69) is 36.2 Å². The molecule has 0 saturated heterocycles. The molecule has 2 rings (SSSR count). The molecule has 0 aliphatic heterocycles. The summed E-state index contributed by atoms with van der Waals surface area (Å²) in [6, 6.07) is 0. The van der Waals surface area contributed by atoms with Crippen molar-refractivity contribution in [1.29, 1.82) is 0 Å². The van der Waals surface area contributed by atoms with Gasteiger partial charge in [-0.2, -0.15) is 15.0 Å². The minimum atomic E-state index is 0.728. The Hall–Kier alpha value is -1.12. The monoisotopic (exact) mass is 205 g/mol. The minimum Gasteiger partial charge on any atom is -0.187 e. The standard InChI is InChI=1S/C12H19N3/c1-8-7-9(2)11(8)5-6-12-10(3)13-15(4)14-12/h5-6,8-9,11H,7H2,1-4H3/b6-5-. The SMILES string of the molecule is Cc1nn(C)nc1/C=C\C1C(C)CC1C. The van der Waals surface area contributed by atoms with Crippen molar-refractivity contribution < 1.29 is 0 Å². The second-order valence-electron chi connectivity index (χ2n) is 4.79. The fourth-order valence-electron chi connectivity index (χ4n) is 2.52. The van der Waals surface area contributed by atoms with E-state index < -0.39 is 0 Å². The van der Waals surface area contributed by atoms with Crippen molar-refractivity contribution >= 4 is 6.08 Å². The van der Waals surface area contributed by atoms with Crippen LogP contribution in [-0.4, -0.2) is 15.0 Å². The minimum absolute atomic E-state index is 0.728. The Morgan fingerprint density at radius 3 is 2.40 bits per heavy atom. The highest BCUT2D eigenvalue weighted by molar-refractivity contribution is 5.46. The maximum atomic E-state index is 4.31. The fourth-order valence-corrected chi connectivity index (χ4v) is 2.52. The van der Waals surface area contributed by atoms with Gasteiger partial charge in [0.1, 0.15) is 5.69 Å². The molecule has 3 nitrogen and oxygen atoms in total. The van der Waals surface area contributed by atoms with Crippen LogP contribution in [0.2, 0.25) is 0 Å². The van der Waals surface area contributed by atoms with E-state index in [-0.39, 0.29) is 0 Å². The lowest BCUT2D eigenvalue weighted by Crippen LogP contribution is -2.30. The van der Waals surface area contributed by atoms with E-state index in [9.17, 15) is 0 Å². The van der Waals surface area contributed by atoms with Gasteiger partial charge in [0.25, 0.3) is 0 Å². The highest BCUT2D eigenvalue weighted by Gasteiger charge is 2.32. The van der Waals surface area contributed by atoms with E-state index >= 15 is 0 Å². The Labute approximate surface area is 91.2 Å². The van der Waals surface area contributed by atoms with Gasteiger partial charge >= 0.3 is 0 Å². The van der Waals surface area contributed by atoms with Gasteiger partial charge in [0.2, 0.25) is 0 Å². The first-order valence-electron chi connectivity index (χ1n) is 5.64. The Morgan fingerprint density at radius 2 is 1.93 bits per heavy atom. The molecule has 2 unspecified atom stereocenters. The van der Waals surface area contributed by atoms with Crippen molar-refractivity contribution in [3.63, 3.8) is 0 Å². The highest BCUT2D eigenvalue weighted by atomic mass is 15.5. The summed E-state index contributed by atoms with van der Waals surface area (Å²) in [7, 11) is 1.86. The van der Waals surface area contributed by atoms with Crippen LogP contribution in [0.25, 0.3) is 6.08 Å². The molecule has 0 N–H and O–H groups in total. The molecule has 0 spiro atoms. The molecule has 1 heterocycles. The summed E-state index contributed by atoms with van der Waals surface area (Å²) >= 11 is 0. The number of hydrogen-bond acceptors (Lipinski definition) is 2. The predicted molar refractivity (Wildman–Crippen MR) is 61.2 cm³/mol. The van der Waals surface area contributed by atoms with Crippen molar-refractivity contribution in [2.24, 2.45) is 24.8 Å². The summed E-state index contributed by atoms with van der Waals surface area (Å²) in [5, 5.41) is 8.53.